The Hall–Kier alpha value is -2.56. The third-order valence-corrected chi connectivity index (χ3v) is 2.96. The van der Waals surface area contributed by atoms with Crippen molar-refractivity contribution in [3.63, 3.8) is 0 Å². The molecule has 0 aromatic heterocycles. The molecule has 0 aliphatic rings. The van der Waals surface area contributed by atoms with Crippen LogP contribution in [0, 0.1) is 0 Å². The van der Waals surface area contributed by atoms with Crippen LogP contribution in [-0.4, -0.2) is 36.2 Å². The minimum Gasteiger partial charge on any atom is -0.478 e. The number of hydrogen-bond acceptors (Lipinski definition) is 3. The molecule has 98 valence electrons. The van der Waals surface area contributed by atoms with E-state index in [1.54, 1.807) is 18.2 Å². The molecule has 5 heteroatoms. The predicted octanol–water partition coefficient (Wildman–Crippen LogP) is 2.30. The Morgan fingerprint density at radius 2 is 1.53 bits per heavy atom. The van der Waals surface area contributed by atoms with Crippen LogP contribution in [0.15, 0.2) is 30.3 Å². The van der Waals surface area contributed by atoms with Crippen molar-refractivity contribution in [3.8, 4) is 0 Å². The van der Waals surface area contributed by atoms with E-state index in [0.29, 0.717) is 5.39 Å². The highest BCUT2D eigenvalue weighted by Gasteiger charge is 2.18. The number of anilines is 1. The van der Waals surface area contributed by atoms with Gasteiger partial charge in [0.15, 0.2) is 0 Å². The summed E-state index contributed by atoms with van der Waals surface area (Å²) in [7, 11) is 3.64. The SMILES string of the molecule is CN(C)c1ccc(C(=O)O)c2c(C(=O)O)cccc12. The van der Waals surface area contributed by atoms with Gasteiger partial charge in [-0.3, -0.25) is 0 Å². The third-order valence-electron chi connectivity index (χ3n) is 2.96. The maximum Gasteiger partial charge on any atom is 0.336 e. The number of aromatic carboxylic acids is 2. The molecule has 0 bridgehead atoms. The van der Waals surface area contributed by atoms with E-state index in [4.69, 9.17) is 0 Å². The number of hydrogen-bond donors (Lipinski definition) is 2. The Morgan fingerprint density at radius 3 is 2.05 bits per heavy atom. The Morgan fingerprint density at radius 1 is 0.947 bits per heavy atom. The highest BCUT2D eigenvalue weighted by atomic mass is 16.4. The van der Waals surface area contributed by atoms with Crippen LogP contribution in [-0.2, 0) is 0 Å². The van der Waals surface area contributed by atoms with E-state index < -0.39 is 11.9 Å². The maximum absolute atomic E-state index is 11.3. The molecule has 0 fully saturated rings. The fraction of sp³-hybridized carbons (Fsp3) is 0.143. The number of nitrogens with zero attached hydrogens (tertiary/aromatic N) is 1. The minimum atomic E-state index is -1.14. The van der Waals surface area contributed by atoms with Gasteiger partial charge in [0.05, 0.1) is 11.1 Å². The molecule has 0 aliphatic carbocycles. The van der Waals surface area contributed by atoms with Crippen LogP contribution in [0.4, 0.5) is 5.69 Å². The van der Waals surface area contributed by atoms with Gasteiger partial charge < -0.3 is 15.1 Å². The standard InChI is InChI=1S/C14H13NO4/c1-15(2)11-7-6-10(14(18)19)12-8(11)4-3-5-9(12)13(16)17/h3-7H,1-2H3,(H,16,17)(H,18,19). The van der Waals surface area contributed by atoms with E-state index in [-0.39, 0.29) is 16.5 Å². The summed E-state index contributed by atoms with van der Waals surface area (Å²) in [5.41, 5.74) is 0.778. The summed E-state index contributed by atoms with van der Waals surface area (Å²) < 4.78 is 0. The molecule has 2 rings (SSSR count). The number of carboxylic acids is 2. The van der Waals surface area contributed by atoms with Crippen molar-refractivity contribution in [2.24, 2.45) is 0 Å². The summed E-state index contributed by atoms with van der Waals surface area (Å²) in [5, 5.41) is 19.3. The molecule has 5 nitrogen and oxygen atoms in total. The first-order valence-electron chi connectivity index (χ1n) is 5.63. The molecule has 2 aromatic carbocycles. The summed E-state index contributed by atoms with van der Waals surface area (Å²) >= 11 is 0. The van der Waals surface area contributed by atoms with Crippen molar-refractivity contribution in [1.82, 2.24) is 0 Å². The van der Waals surface area contributed by atoms with Crippen molar-refractivity contribution < 1.29 is 19.8 Å². The zero-order chi connectivity index (χ0) is 14.2. The van der Waals surface area contributed by atoms with Crippen LogP contribution in [0.3, 0.4) is 0 Å². The highest BCUT2D eigenvalue weighted by molar-refractivity contribution is 6.15. The molecular weight excluding hydrogens is 246 g/mol. The topological polar surface area (TPSA) is 77.8 Å². The number of carbonyl (C=O) groups is 2. The lowest BCUT2D eigenvalue weighted by Gasteiger charge is -2.17. The first-order chi connectivity index (χ1) is 8.93. The molecule has 0 saturated heterocycles. The fourth-order valence-corrected chi connectivity index (χ4v) is 2.14. The lowest BCUT2D eigenvalue weighted by molar-refractivity contribution is 0.0695. The second-order valence-corrected chi connectivity index (χ2v) is 4.37. The summed E-state index contributed by atoms with van der Waals surface area (Å²) in [6, 6.07) is 7.87. The molecule has 19 heavy (non-hydrogen) atoms. The average Bonchev–Trinajstić information content (AvgIpc) is 2.35. The first-order valence-corrected chi connectivity index (χ1v) is 5.63. The first kappa shape index (κ1) is 12.9. The molecule has 0 spiro atoms. The molecule has 2 N–H and O–H groups in total. The Labute approximate surface area is 109 Å². The quantitative estimate of drug-likeness (QED) is 0.884. The second kappa shape index (κ2) is 4.61. The van der Waals surface area contributed by atoms with Gasteiger partial charge in [-0.05, 0) is 18.2 Å². The molecule has 0 aliphatic heterocycles. The van der Waals surface area contributed by atoms with Crippen molar-refractivity contribution in [1.29, 1.82) is 0 Å². The predicted molar refractivity (Wildman–Crippen MR) is 72.2 cm³/mol. The second-order valence-electron chi connectivity index (χ2n) is 4.37. The van der Waals surface area contributed by atoms with E-state index in [2.05, 4.69) is 0 Å². The van der Waals surface area contributed by atoms with Gasteiger partial charge in [0, 0.05) is 30.6 Å². The van der Waals surface area contributed by atoms with Gasteiger partial charge in [-0.2, -0.15) is 0 Å². The largest absolute Gasteiger partial charge is 0.478 e. The lowest BCUT2D eigenvalue weighted by Crippen LogP contribution is -2.11. The van der Waals surface area contributed by atoms with Gasteiger partial charge in [0.25, 0.3) is 0 Å². The summed E-state index contributed by atoms with van der Waals surface area (Å²) in [5.74, 6) is -2.27. The van der Waals surface area contributed by atoms with Crippen molar-refractivity contribution in [2.75, 3.05) is 19.0 Å². The molecule has 0 amide bonds. The highest BCUT2D eigenvalue weighted by Crippen LogP contribution is 2.31. The van der Waals surface area contributed by atoms with E-state index in [1.165, 1.54) is 12.1 Å². The van der Waals surface area contributed by atoms with Gasteiger partial charge >= 0.3 is 11.9 Å². The zero-order valence-electron chi connectivity index (χ0n) is 10.5. The van der Waals surface area contributed by atoms with Crippen molar-refractivity contribution in [2.45, 2.75) is 0 Å². The monoisotopic (exact) mass is 259 g/mol. The molecular formula is C14H13NO4. The van der Waals surface area contributed by atoms with Gasteiger partial charge in [0.2, 0.25) is 0 Å². The van der Waals surface area contributed by atoms with Crippen molar-refractivity contribution >= 4 is 28.4 Å². The Bertz CT molecular complexity index is 656. The van der Waals surface area contributed by atoms with E-state index in [1.807, 2.05) is 19.0 Å². The summed E-state index contributed by atoms with van der Waals surface area (Å²) in [6.07, 6.45) is 0. The van der Waals surface area contributed by atoms with Gasteiger partial charge in [-0.25, -0.2) is 9.59 Å². The van der Waals surface area contributed by atoms with Crippen LogP contribution >= 0.6 is 0 Å². The number of fused-ring (bicyclic) bond motifs is 1. The Kier molecular flexibility index (Phi) is 3.12. The molecule has 0 radical (unpaired) electrons. The van der Waals surface area contributed by atoms with Crippen LogP contribution in [0.25, 0.3) is 10.8 Å². The maximum atomic E-state index is 11.3. The average molecular weight is 259 g/mol. The van der Waals surface area contributed by atoms with Crippen molar-refractivity contribution in [3.05, 3.63) is 41.5 Å². The lowest BCUT2D eigenvalue weighted by atomic mass is 9.97. The molecule has 2 aromatic rings. The number of rotatable bonds is 3. The zero-order valence-corrected chi connectivity index (χ0v) is 10.5. The fourth-order valence-electron chi connectivity index (χ4n) is 2.14. The molecule has 0 heterocycles. The third kappa shape index (κ3) is 2.10. The summed E-state index contributed by atoms with van der Waals surface area (Å²) in [6.45, 7) is 0. The normalized spacial score (nSPS) is 10.4. The number of carboxylic acid groups (broad SMARTS) is 2. The van der Waals surface area contributed by atoms with Crippen LogP contribution in [0.2, 0.25) is 0 Å². The van der Waals surface area contributed by atoms with E-state index in [0.717, 1.165) is 5.69 Å². The van der Waals surface area contributed by atoms with Gasteiger partial charge in [0.1, 0.15) is 0 Å². The number of benzene rings is 2. The molecule has 0 atom stereocenters. The minimum absolute atomic E-state index is 0.00130. The van der Waals surface area contributed by atoms with Crippen LogP contribution in [0.5, 0.6) is 0 Å². The van der Waals surface area contributed by atoms with Gasteiger partial charge in [-0.1, -0.05) is 12.1 Å². The summed E-state index contributed by atoms with van der Waals surface area (Å²) in [4.78, 5) is 24.3. The van der Waals surface area contributed by atoms with E-state index in [9.17, 15) is 19.8 Å². The van der Waals surface area contributed by atoms with Crippen LogP contribution in [0.1, 0.15) is 20.7 Å². The smallest absolute Gasteiger partial charge is 0.336 e. The molecule has 0 unspecified atom stereocenters. The van der Waals surface area contributed by atoms with Gasteiger partial charge in [-0.15, -0.1) is 0 Å². The van der Waals surface area contributed by atoms with E-state index >= 15 is 0 Å². The molecule has 0 saturated carbocycles. The Balaban J connectivity index is 2.97. The van der Waals surface area contributed by atoms with Crippen LogP contribution < -0.4 is 4.90 Å².